The Balaban J connectivity index is 1.29. The quantitative estimate of drug-likeness (QED) is 0.539. The second-order valence-electron chi connectivity index (χ2n) is 8.32. The number of nitrogens with zero attached hydrogens (tertiary/aromatic N) is 1. The molecule has 0 bridgehead atoms. The number of carbonyl (C=O) groups excluding carboxylic acids is 1. The summed E-state index contributed by atoms with van der Waals surface area (Å²) in [6.45, 7) is 3.72. The second-order valence-corrected chi connectivity index (χ2v) is 8.32. The van der Waals surface area contributed by atoms with Gasteiger partial charge in [-0.1, -0.05) is 18.2 Å². The Bertz CT molecular complexity index is 1330. The molecule has 166 valence electrons. The summed E-state index contributed by atoms with van der Waals surface area (Å²) < 4.78 is 36.5. The van der Waals surface area contributed by atoms with Crippen molar-refractivity contribution in [3.8, 4) is 23.0 Å². The van der Waals surface area contributed by atoms with Crippen molar-refractivity contribution in [2.45, 2.75) is 20.0 Å². The van der Waals surface area contributed by atoms with E-state index in [0.29, 0.717) is 42.4 Å². The van der Waals surface area contributed by atoms with Gasteiger partial charge in [0, 0.05) is 13.1 Å². The molecular weight excluding hydrogens is 425 g/mol. The number of fused-ring (bicyclic) bond motifs is 4. The first kappa shape index (κ1) is 19.8. The minimum absolute atomic E-state index is 0.181. The van der Waals surface area contributed by atoms with E-state index in [2.05, 4.69) is 4.90 Å². The van der Waals surface area contributed by atoms with E-state index in [-0.39, 0.29) is 24.2 Å². The molecule has 3 aliphatic rings. The zero-order chi connectivity index (χ0) is 22.5. The van der Waals surface area contributed by atoms with Crippen molar-refractivity contribution in [3.63, 3.8) is 0 Å². The van der Waals surface area contributed by atoms with Gasteiger partial charge in [0.2, 0.25) is 12.6 Å². The zero-order valence-corrected chi connectivity index (χ0v) is 17.9. The van der Waals surface area contributed by atoms with Gasteiger partial charge in [-0.15, -0.1) is 0 Å². The van der Waals surface area contributed by atoms with Crippen LogP contribution >= 0.6 is 0 Å². The standard InChI is InChI=1S/C26H20FNO5/c1-15-7-21-19(12-28(13-30-21)11-17-5-6-20-22(10-17)32-14-31-20)26-24(15)25(29)23(33-26)9-16-3-2-4-18(27)8-16/h2-10H,11-14H2,1H3/b23-9-. The van der Waals surface area contributed by atoms with Crippen LogP contribution in [0, 0.1) is 12.7 Å². The molecule has 6 nitrogen and oxygen atoms in total. The van der Waals surface area contributed by atoms with Gasteiger partial charge < -0.3 is 18.9 Å². The predicted octanol–water partition coefficient (Wildman–Crippen LogP) is 4.83. The number of benzene rings is 3. The normalized spacial score (nSPS) is 17.5. The maximum atomic E-state index is 13.6. The number of carbonyl (C=O) groups is 1. The molecule has 3 aliphatic heterocycles. The van der Waals surface area contributed by atoms with Crippen molar-refractivity contribution in [2.24, 2.45) is 0 Å². The maximum Gasteiger partial charge on any atom is 0.232 e. The Morgan fingerprint density at radius 3 is 2.79 bits per heavy atom. The number of hydrogen-bond acceptors (Lipinski definition) is 6. The van der Waals surface area contributed by atoms with E-state index >= 15 is 0 Å². The van der Waals surface area contributed by atoms with Gasteiger partial charge in [0.15, 0.2) is 17.3 Å². The van der Waals surface area contributed by atoms with Crippen LogP contribution in [0.2, 0.25) is 0 Å². The van der Waals surface area contributed by atoms with Gasteiger partial charge in [0.1, 0.15) is 24.0 Å². The first-order valence-corrected chi connectivity index (χ1v) is 10.6. The van der Waals surface area contributed by atoms with E-state index in [1.807, 2.05) is 31.2 Å². The lowest BCUT2D eigenvalue weighted by Gasteiger charge is -2.30. The van der Waals surface area contributed by atoms with Crippen LogP contribution in [-0.4, -0.2) is 24.2 Å². The van der Waals surface area contributed by atoms with E-state index < -0.39 is 0 Å². The average molecular weight is 445 g/mol. The summed E-state index contributed by atoms with van der Waals surface area (Å²) in [4.78, 5) is 15.2. The molecule has 3 aromatic carbocycles. The van der Waals surface area contributed by atoms with Crippen LogP contribution in [0.4, 0.5) is 4.39 Å². The van der Waals surface area contributed by atoms with Crippen molar-refractivity contribution in [3.05, 3.63) is 87.9 Å². The van der Waals surface area contributed by atoms with Gasteiger partial charge in [-0.2, -0.15) is 0 Å². The first-order valence-electron chi connectivity index (χ1n) is 10.6. The average Bonchev–Trinajstić information content (AvgIpc) is 3.39. The molecule has 0 saturated carbocycles. The SMILES string of the molecule is Cc1cc2c(c3c1C(=O)/C(=C/c1cccc(F)c1)O3)CN(Cc1ccc3c(c1)OCO3)CO2. The van der Waals surface area contributed by atoms with Gasteiger partial charge in [0.25, 0.3) is 0 Å². The van der Waals surface area contributed by atoms with Gasteiger partial charge in [-0.3, -0.25) is 9.69 Å². The molecule has 0 aromatic heterocycles. The Morgan fingerprint density at radius 2 is 1.91 bits per heavy atom. The summed E-state index contributed by atoms with van der Waals surface area (Å²) >= 11 is 0. The summed E-state index contributed by atoms with van der Waals surface area (Å²) in [6.07, 6.45) is 1.57. The van der Waals surface area contributed by atoms with Crippen molar-refractivity contribution in [2.75, 3.05) is 13.5 Å². The molecule has 7 heteroatoms. The highest BCUT2D eigenvalue weighted by atomic mass is 19.1. The van der Waals surface area contributed by atoms with E-state index in [4.69, 9.17) is 18.9 Å². The lowest BCUT2D eigenvalue weighted by molar-refractivity contribution is 0.0871. The number of hydrogen-bond donors (Lipinski definition) is 0. The number of halogens is 1. The summed E-state index contributed by atoms with van der Waals surface area (Å²) in [7, 11) is 0. The van der Waals surface area contributed by atoms with E-state index in [9.17, 15) is 9.18 Å². The molecule has 33 heavy (non-hydrogen) atoms. The smallest absolute Gasteiger partial charge is 0.232 e. The van der Waals surface area contributed by atoms with Crippen LogP contribution in [0.1, 0.15) is 32.6 Å². The number of ketones is 1. The third kappa shape index (κ3) is 3.50. The molecule has 6 rings (SSSR count). The number of Topliss-reactive ketones (excluding diaryl/α,β-unsaturated/α-hetero) is 1. The predicted molar refractivity (Wildman–Crippen MR) is 118 cm³/mol. The van der Waals surface area contributed by atoms with Crippen molar-refractivity contribution < 1.29 is 28.1 Å². The molecule has 0 aliphatic carbocycles. The molecule has 0 amide bonds. The van der Waals surface area contributed by atoms with E-state index in [1.165, 1.54) is 12.1 Å². The van der Waals surface area contributed by atoms with Crippen molar-refractivity contribution in [1.82, 2.24) is 4.90 Å². The third-order valence-corrected chi connectivity index (χ3v) is 5.98. The summed E-state index contributed by atoms with van der Waals surface area (Å²) in [5.74, 6) is 2.33. The van der Waals surface area contributed by atoms with Crippen LogP contribution < -0.4 is 18.9 Å². The highest BCUT2D eigenvalue weighted by Crippen LogP contribution is 2.44. The van der Waals surface area contributed by atoms with Crippen LogP contribution in [0.25, 0.3) is 6.08 Å². The highest BCUT2D eigenvalue weighted by Gasteiger charge is 2.35. The maximum absolute atomic E-state index is 13.6. The molecule has 0 atom stereocenters. The molecular formula is C26H20FNO5. The van der Waals surface area contributed by atoms with Crippen LogP contribution in [0.15, 0.2) is 54.3 Å². The topological polar surface area (TPSA) is 57.2 Å². The molecule has 0 saturated heterocycles. The summed E-state index contributed by atoms with van der Waals surface area (Å²) in [5, 5.41) is 0. The van der Waals surface area contributed by atoms with Gasteiger partial charge >= 0.3 is 0 Å². The lowest BCUT2D eigenvalue weighted by Crippen LogP contribution is -2.31. The Kier molecular flexibility index (Phi) is 4.58. The van der Waals surface area contributed by atoms with Gasteiger partial charge in [-0.25, -0.2) is 4.39 Å². The largest absolute Gasteiger partial charge is 0.478 e. The summed E-state index contributed by atoms with van der Waals surface area (Å²) in [6, 6.07) is 13.8. The Labute approximate surface area is 189 Å². The fraction of sp³-hybridized carbons (Fsp3) is 0.192. The number of aryl methyl sites for hydroxylation is 1. The fourth-order valence-electron chi connectivity index (χ4n) is 4.42. The minimum atomic E-state index is -0.367. The minimum Gasteiger partial charge on any atom is -0.478 e. The zero-order valence-electron chi connectivity index (χ0n) is 17.9. The molecule has 3 heterocycles. The third-order valence-electron chi connectivity index (χ3n) is 5.98. The molecule has 0 spiro atoms. The monoisotopic (exact) mass is 445 g/mol. The lowest BCUT2D eigenvalue weighted by atomic mass is 9.98. The molecule has 0 fully saturated rings. The van der Waals surface area contributed by atoms with Crippen molar-refractivity contribution >= 4 is 11.9 Å². The number of rotatable bonds is 3. The number of ether oxygens (including phenoxy) is 4. The molecule has 0 unspecified atom stereocenters. The van der Waals surface area contributed by atoms with Gasteiger partial charge in [0.05, 0.1) is 11.1 Å². The van der Waals surface area contributed by atoms with E-state index in [1.54, 1.807) is 18.2 Å². The number of allylic oxidation sites excluding steroid dienone is 1. The molecule has 3 aromatic rings. The molecule has 0 N–H and O–H groups in total. The van der Waals surface area contributed by atoms with Crippen LogP contribution in [-0.2, 0) is 13.1 Å². The van der Waals surface area contributed by atoms with Crippen LogP contribution in [0.5, 0.6) is 23.0 Å². The first-order chi connectivity index (χ1) is 16.0. The molecule has 0 radical (unpaired) electrons. The highest BCUT2D eigenvalue weighted by molar-refractivity contribution is 6.15. The Morgan fingerprint density at radius 1 is 1.03 bits per heavy atom. The van der Waals surface area contributed by atoms with Crippen LogP contribution in [0.3, 0.4) is 0 Å². The fourth-order valence-corrected chi connectivity index (χ4v) is 4.42. The van der Waals surface area contributed by atoms with Gasteiger partial charge in [-0.05, 0) is 60.0 Å². The van der Waals surface area contributed by atoms with Crippen molar-refractivity contribution in [1.29, 1.82) is 0 Å². The summed E-state index contributed by atoms with van der Waals surface area (Å²) in [5.41, 5.74) is 3.79. The van der Waals surface area contributed by atoms with E-state index in [0.717, 1.165) is 28.2 Å². The Hall–Kier alpha value is -3.84. The second kappa shape index (κ2) is 7.64.